The van der Waals surface area contributed by atoms with Gasteiger partial charge in [0.25, 0.3) is 0 Å². The minimum absolute atomic E-state index is 0.0580. The van der Waals surface area contributed by atoms with E-state index in [2.05, 4.69) is 6.07 Å². The molecule has 0 aliphatic carbocycles. The Bertz CT molecular complexity index is 1430. The highest BCUT2D eigenvalue weighted by Crippen LogP contribution is 2.43. The van der Waals surface area contributed by atoms with Crippen molar-refractivity contribution >= 4 is 23.5 Å². The number of aryl methyl sites for hydroxylation is 2. The molecule has 0 saturated carbocycles. The van der Waals surface area contributed by atoms with Crippen LogP contribution in [-0.4, -0.2) is 25.7 Å². The summed E-state index contributed by atoms with van der Waals surface area (Å²) in [6.45, 7) is 3.40. The van der Waals surface area contributed by atoms with E-state index < -0.39 is 17.9 Å². The molecule has 0 amide bonds. The van der Waals surface area contributed by atoms with Crippen molar-refractivity contribution in [2.45, 2.75) is 19.8 Å². The molecule has 1 heterocycles. The van der Waals surface area contributed by atoms with Gasteiger partial charge in [-0.05, 0) is 60.9 Å². The van der Waals surface area contributed by atoms with Crippen molar-refractivity contribution in [2.75, 3.05) is 13.7 Å². The second-order valence-electron chi connectivity index (χ2n) is 8.37. The summed E-state index contributed by atoms with van der Waals surface area (Å²) in [5.41, 5.74) is 9.72. The quantitative estimate of drug-likeness (QED) is 0.359. The third kappa shape index (κ3) is 5.37. The van der Waals surface area contributed by atoms with Gasteiger partial charge in [-0.15, -0.1) is 0 Å². The molecule has 3 aromatic carbocycles. The van der Waals surface area contributed by atoms with Crippen LogP contribution < -0.4 is 19.9 Å². The Morgan fingerprint density at radius 2 is 1.73 bits per heavy atom. The summed E-state index contributed by atoms with van der Waals surface area (Å²) in [5.74, 6) is -0.601. The van der Waals surface area contributed by atoms with E-state index in [9.17, 15) is 14.9 Å². The van der Waals surface area contributed by atoms with Crippen LogP contribution in [0.25, 0.3) is 0 Å². The summed E-state index contributed by atoms with van der Waals surface area (Å²) in [6.07, 6.45) is 0. The molecule has 1 aliphatic heterocycles. The fraction of sp³-hybridized carbons (Fsp3) is 0.179. The maximum atomic E-state index is 12.4. The number of carbonyl (C=O) groups is 2. The first kappa shape index (κ1) is 25.6. The van der Waals surface area contributed by atoms with Gasteiger partial charge in [-0.2, -0.15) is 5.26 Å². The average Bonchev–Trinajstić information content (AvgIpc) is 2.89. The number of hydrogen-bond donors (Lipinski definition) is 1. The smallest absolute Gasteiger partial charge is 0.349 e. The van der Waals surface area contributed by atoms with E-state index in [4.69, 9.17) is 36.3 Å². The number of fused-ring (bicyclic) bond motifs is 1. The number of allylic oxidation sites excluding steroid dienone is 1. The van der Waals surface area contributed by atoms with Gasteiger partial charge in [-0.1, -0.05) is 29.8 Å². The molecular formula is C28H23ClN2O6. The van der Waals surface area contributed by atoms with E-state index in [1.807, 2.05) is 13.8 Å². The van der Waals surface area contributed by atoms with Crippen LogP contribution in [-0.2, 0) is 9.53 Å². The largest absolute Gasteiger partial charge is 0.482 e. The van der Waals surface area contributed by atoms with Gasteiger partial charge in [0.15, 0.2) is 6.61 Å². The molecule has 0 aromatic heterocycles. The molecule has 1 atom stereocenters. The van der Waals surface area contributed by atoms with Crippen LogP contribution in [0.3, 0.4) is 0 Å². The molecule has 188 valence electrons. The van der Waals surface area contributed by atoms with Crippen LogP contribution in [0.2, 0.25) is 5.02 Å². The van der Waals surface area contributed by atoms with Crippen LogP contribution in [0, 0.1) is 25.2 Å². The molecule has 0 saturated heterocycles. The maximum absolute atomic E-state index is 12.4. The molecule has 2 N–H and O–H groups in total. The second-order valence-corrected chi connectivity index (χ2v) is 8.75. The first-order valence-electron chi connectivity index (χ1n) is 11.2. The van der Waals surface area contributed by atoms with E-state index in [-0.39, 0.29) is 23.8 Å². The highest BCUT2D eigenvalue weighted by atomic mass is 35.5. The van der Waals surface area contributed by atoms with Crippen LogP contribution in [0.1, 0.15) is 38.5 Å². The van der Waals surface area contributed by atoms with Crippen LogP contribution >= 0.6 is 11.6 Å². The van der Waals surface area contributed by atoms with E-state index in [1.165, 1.54) is 13.2 Å². The van der Waals surface area contributed by atoms with Crippen molar-refractivity contribution in [1.29, 1.82) is 5.26 Å². The first-order valence-corrected chi connectivity index (χ1v) is 11.6. The number of rotatable bonds is 6. The van der Waals surface area contributed by atoms with Gasteiger partial charge in [-0.25, -0.2) is 9.59 Å². The minimum Gasteiger partial charge on any atom is -0.482 e. The monoisotopic (exact) mass is 518 g/mol. The summed E-state index contributed by atoms with van der Waals surface area (Å²) in [5, 5.41) is 10.4. The number of benzene rings is 3. The van der Waals surface area contributed by atoms with Gasteiger partial charge in [0, 0.05) is 16.7 Å². The molecule has 0 bridgehead atoms. The summed E-state index contributed by atoms with van der Waals surface area (Å²) >= 11 is 6.17. The zero-order chi connectivity index (χ0) is 26.7. The van der Waals surface area contributed by atoms with Crippen molar-refractivity contribution in [2.24, 2.45) is 5.73 Å². The van der Waals surface area contributed by atoms with Gasteiger partial charge >= 0.3 is 11.9 Å². The van der Waals surface area contributed by atoms with Crippen LogP contribution in [0.4, 0.5) is 0 Å². The Labute approximate surface area is 218 Å². The molecule has 1 unspecified atom stereocenters. The normalized spacial score (nSPS) is 14.2. The summed E-state index contributed by atoms with van der Waals surface area (Å²) in [4.78, 5) is 24.2. The van der Waals surface area contributed by atoms with E-state index in [0.29, 0.717) is 27.6 Å². The number of hydrogen-bond acceptors (Lipinski definition) is 8. The van der Waals surface area contributed by atoms with Crippen molar-refractivity contribution in [3.8, 4) is 23.3 Å². The Morgan fingerprint density at radius 3 is 2.35 bits per heavy atom. The van der Waals surface area contributed by atoms with Crippen molar-refractivity contribution < 1.29 is 28.5 Å². The van der Waals surface area contributed by atoms with E-state index >= 15 is 0 Å². The lowest BCUT2D eigenvalue weighted by molar-refractivity contribution is -0.136. The average molecular weight is 519 g/mol. The highest BCUT2D eigenvalue weighted by Gasteiger charge is 2.31. The molecule has 0 spiro atoms. The molecule has 3 aromatic rings. The predicted molar refractivity (Wildman–Crippen MR) is 136 cm³/mol. The standard InChI is InChI=1S/C28H23ClN2O6/c1-15-10-20(11-16(2)26(15)29)35-14-24(32)36-19-8-9-21-23(12-19)37-27(31)22(13-30)25(21)17-4-6-18(7-5-17)28(33)34-3/h4-12,25H,14,31H2,1-3H3. The number of methoxy groups -OCH3 is 1. The van der Waals surface area contributed by atoms with Crippen molar-refractivity contribution in [3.05, 3.63) is 98.9 Å². The molecule has 0 fully saturated rings. The van der Waals surface area contributed by atoms with Gasteiger partial charge in [0.05, 0.1) is 18.6 Å². The van der Waals surface area contributed by atoms with Crippen molar-refractivity contribution in [1.82, 2.24) is 0 Å². The van der Waals surface area contributed by atoms with Gasteiger partial charge in [0.2, 0.25) is 5.88 Å². The number of esters is 2. The Balaban J connectivity index is 1.53. The topological polar surface area (TPSA) is 121 Å². The maximum Gasteiger partial charge on any atom is 0.349 e. The van der Waals surface area contributed by atoms with Gasteiger partial charge in [0.1, 0.15) is 28.9 Å². The zero-order valence-corrected chi connectivity index (χ0v) is 21.1. The van der Waals surface area contributed by atoms with E-state index in [0.717, 1.165) is 16.7 Å². The number of nitriles is 1. The number of halogens is 1. The Morgan fingerprint density at radius 1 is 1.05 bits per heavy atom. The Hall–Kier alpha value is -4.48. The molecule has 1 aliphatic rings. The summed E-state index contributed by atoms with van der Waals surface area (Å²) in [7, 11) is 1.30. The summed E-state index contributed by atoms with van der Waals surface area (Å²) < 4.78 is 21.4. The van der Waals surface area contributed by atoms with Gasteiger partial charge < -0.3 is 24.7 Å². The van der Waals surface area contributed by atoms with Crippen LogP contribution in [0.15, 0.2) is 66.1 Å². The minimum atomic E-state index is -0.614. The number of carbonyl (C=O) groups excluding carboxylic acids is 2. The molecule has 0 radical (unpaired) electrons. The fourth-order valence-corrected chi connectivity index (χ4v) is 4.17. The highest BCUT2D eigenvalue weighted by molar-refractivity contribution is 6.32. The van der Waals surface area contributed by atoms with E-state index in [1.54, 1.807) is 48.5 Å². The zero-order valence-electron chi connectivity index (χ0n) is 20.3. The molecular weight excluding hydrogens is 496 g/mol. The van der Waals surface area contributed by atoms with Crippen molar-refractivity contribution in [3.63, 3.8) is 0 Å². The molecule has 9 heteroatoms. The lowest BCUT2D eigenvalue weighted by Gasteiger charge is -2.26. The molecule has 8 nitrogen and oxygen atoms in total. The SMILES string of the molecule is COC(=O)c1ccc(C2C(C#N)=C(N)Oc3cc(OC(=O)COc4cc(C)c(Cl)c(C)c4)ccc32)cc1. The molecule has 37 heavy (non-hydrogen) atoms. The number of nitrogens with zero attached hydrogens (tertiary/aromatic N) is 1. The lowest BCUT2D eigenvalue weighted by atomic mass is 9.83. The molecule has 4 rings (SSSR count). The first-order chi connectivity index (χ1) is 17.7. The lowest BCUT2D eigenvalue weighted by Crippen LogP contribution is -2.22. The Kier molecular flexibility index (Phi) is 7.37. The van der Waals surface area contributed by atoms with Crippen LogP contribution in [0.5, 0.6) is 17.2 Å². The predicted octanol–water partition coefficient (Wildman–Crippen LogP) is 4.95. The fourth-order valence-electron chi connectivity index (χ4n) is 4.06. The number of ether oxygens (including phenoxy) is 4. The number of nitrogens with two attached hydrogens (primary N) is 1. The summed E-state index contributed by atoms with van der Waals surface area (Å²) in [6, 6.07) is 17.1. The third-order valence-corrected chi connectivity index (χ3v) is 6.45. The second kappa shape index (κ2) is 10.6. The third-order valence-electron chi connectivity index (χ3n) is 5.85. The van der Waals surface area contributed by atoms with Gasteiger partial charge in [-0.3, -0.25) is 0 Å².